The van der Waals surface area contributed by atoms with Gasteiger partial charge in [-0.3, -0.25) is 28.2 Å². The van der Waals surface area contributed by atoms with Crippen molar-refractivity contribution in [2.75, 3.05) is 17.2 Å². The maximum atomic E-state index is 15.5. The molecule has 338 valence electrons. The van der Waals surface area contributed by atoms with Crippen LogP contribution in [0.3, 0.4) is 0 Å². The molecule has 0 spiro atoms. The second-order valence-corrected chi connectivity index (χ2v) is 21.6. The molecule has 0 saturated heterocycles. The number of carbonyl (C=O) groups is 1. The minimum atomic E-state index is -5.15. The monoisotopic (exact) mass is 973 g/mol. The van der Waals surface area contributed by atoms with E-state index in [1.165, 1.54) is 33.0 Å². The number of carbonyl (C=O) groups excluding carboxylic acids is 1. The summed E-state index contributed by atoms with van der Waals surface area (Å²) in [5.41, 5.74) is -4.98. The fourth-order valence-electron chi connectivity index (χ4n) is 7.63. The Bertz CT molecular complexity index is 3330. The summed E-state index contributed by atoms with van der Waals surface area (Å²) in [6, 6.07) is 3.23. The van der Waals surface area contributed by atoms with E-state index in [4.69, 9.17) is 11.6 Å². The Labute approximate surface area is 366 Å². The number of aromatic nitrogens is 7. The van der Waals surface area contributed by atoms with E-state index in [0.717, 1.165) is 45.2 Å². The number of aryl methyl sites for hydroxylation is 1. The van der Waals surface area contributed by atoms with E-state index >= 15 is 8.78 Å². The molecule has 64 heavy (non-hydrogen) atoms. The van der Waals surface area contributed by atoms with E-state index in [-0.39, 0.29) is 59.5 Å². The number of hydrogen-bond donors (Lipinski definition) is 2. The van der Waals surface area contributed by atoms with E-state index in [9.17, 15) is 48.4 Å². The minimum Gasteiger partial charge on any atom is -0.344 e. The number of benzene rings is 2. The van der Waals surface area contributed by atoms with E-state index in [0.29, 0.717) is 6.07 Å². The highest BCUT2D eigenvalue weighted by molar-refractivity contribution is 7.92. The van der Waals surface area contributed by atoms with Gasteiger partial charge in [-0.2, -0.15) is 32.1 Å². The van der Waals surface area contributed by atoms with Crippen molar-refractivity contribution in [1.29, 1.82) is 0 Å². The van der Waals surface area contributed by atoms with Crippen LogP contribution in [0.25, 0.3) is 26.9 Å². The first-order valence-electron chi connectivity index (χ1n) is 18.7. The number of thiazole rings is 1. The topological polar surface area (TPSA) is 193 Å². The minimum absolute atomic E-state index is 0.0113. The van der Waals surface area contributed by atoms with E-state index < -0.39 is 113 Å². The predicted octanol–water partition coefficient (Wildman–Crippen LogP) is 5.73. The number of amides is 1. The molecule has 1 fully saturated rings. The first-order valence-corrected chi connectivity index (χ1v) is 23.6. The molecule has 0 radical (unpaired) electrons. The van der Waals surface area contributed by atoms with Crippen LogP contribution in [0.2, 0.25) is 5.02 Å². The van der Waals surface area contributed by atoms with Gasteiger partial charge in [0.2, 0.25) is 15.9 Å². The van der Waals surface area contributed by atoms with Gasteiger partial charge in [-0.1, -0.05) is 28.9 Å². The molecule has 2 aromatic carbocycles. The summed E-state index contributed by atoms with van der Waals surface area (Å²) in [6.45, 7) is 1.47. The first kappa shape index (κ1) is 45.0. The highest BCUT2D eigenvalue weighted by atomic mass is 35.5. The highest BCUT2D eigenvalue weighted by Gasteiger charge is 2.68. The zero-order valence-corrected chi connectivity index (χ0v) is 36.8. The Kier molecular flexibility index (Phi) is 10.5. The van der Waals surface area contributed by atoms with E-state index in [1.54, 1.807) is 0 Å². The van der Waals surface area contributed by atoms with Crippen molar-refractivity contribution in [2.45, 2.75) is 62.0 Å². The Morgan fingerprint density at radius 2 is 1.73 bits per heavy atom. The number of anilines is 1. The molecule has 8 rings (SSSR count). The van der Waals surface area contributed by atoms with Crippen LogP contribution < -0.4 is 15.6 Å². The fourth-order valence-corrected chi connectivity index (χ4v) is 9.40. The van der Waals surface area contributed by atoms with Crippen molar-refractivity contribution in [2.24, 2.45) is 13.0 Å². The molecule has 2 aliphatic rings. The number of halogens is 8. The summed E-state index contributed by atoms with van der Waals surface area (Å²) in [4.78, 5) is 37.7. The molecule has 4 heterocycles. The largest absolute Gasteiger partial charge is 0.435 e. The predicted molar refractivity (Wildman–Crippen MR) is 219 cm³/mol. The van der Waals surface area contributed by atoms with Gasteiger partial charge in [-0.15, -0.1) is 0 Å². The molecule has 2 aliphatic carbocycles. The van der Waals surface area contributed by atoms with Gasteiger partial charge >= 0.3 is 6.18 Å². The molecule has 2 N–H and O–H groups in total. The standard InChI is InChI=1S/C38H31ClF7N9O6S3/c1-36(2,63(4,58)59)9-8-25-48-28-34(62-25)49-33(55(35(28)57)23-7-6-21(39)27-29(23)53(3)51-32(27)52-64(5,60)61)22(12-16-10-17(40)13-18(41)11-16)47-24(56)15-54-31-26(30(50-54)38(44,45)46)19-14-20(19)37(31,42)43/h6-7,10-11,13,19-20,22H,12,14-15H2,1-5H3,(H,47,56)(H,51,52)/t19-,20+,22-/m0/s1. The molecule has 3 atom stereocenters. The molecule has 0 bridgehead atoms. The summed E-state index contributed by atoms with van der Waals surface area (Å²) in [5, 5.41) is 9.95. The lowest BCUT2D eigenvalue weighted by molar-refractivity contribution is -0.142. The third-order valence-electron chi connectivity index (χ3n) is 10.8. The number of hydrogen-bond acceptors (Lipinski definition) is 11. The number of nitrogens with one attached hydrogen (secondary N) is 2. The Balaban J connectivity index is 1.35. The van der Waals surface area contributed by atoms with Gasteiger partial charge in [0.15, 0.2) is 36.7 Å². The zero-order valence-electron chi connectivity index (χ0n) is 33.6. The van der Waals surface area contributed by atoms with Gasteiger partial charge in [-0.05, 0) is 61.9 Å². The van der Waals surface area contributed by atoms with Crippen molar-refractivity contribution in [3.63, 3.8) is 0 Å². The second kappa shape index (κ2) is 15.0. The van der Waals surface area contributed by atoms with E-state index in [1.807, 2.05) is 0 Å². The number of rotatable bonds is 10. The van der Waals surface area contributed by atoms with Crippen LogP contribution >= 0.6 is 22.9 Å². The third kappa shape index (κ3) is 7.97. The van der Waals surface area contributed by atoms with Crippen molar-refractivity contribution in [3.8, 4) is 17.5 Å². The van der Waals surface area contributed by atoms with Gasteiger partial charge in [0.25, 0.3) is 11.5 Å². The normalized spacial score (nSPS) is 17.5. The molecule has 26 heteroatoms. The number of alkyl halides is 5. The summed E-state index contributed by atoms with van der Waals surface area (Å²) < 4.78 is 155. The Morgan fingerprint density at radius 3 is 2.36 bits per heavy atom. The number of nitrogens with zero attached hydrogens (tertiary/aromatic N) is 7. The lowest BCUT2D eigenvalue weighted by atomic mass is 10.0. The first-order chi connectivity index (χ1) is 29.6. The van der Waals surface area contributed by atoms with Crippen LogP contribution in [0.15, 0.2) is 35.1 Å². The average molecular weight is 974 g/mol. The Hall–Kier alpha value is -5.58. The third-order valence-corrected chi connectivity index (χ3v) is 14.5. The van der Waals surface area contributed by atoms with Crippen LogP contribution in [0.1, 0.15) is 65.6 Å². The number of sulfone groups is 1. The van der Waals surface area contributed by atoms with Gasteiger partial charge < -0.3 is 5.32 Å². The average Bonchev–Trinajstić information content (AvgIpc) is 3.40. The van der Waals surface area contributed by atoms with Crippen LogP contribution in [0, 0.1) is 29.4 Å². The second-order valence-electron chi connectivity index (χ2n) is 15.9. The van der Waals surface area contributed by atoms with Crippen molar-refractivity contribution < 1.29 is 52.4 Å². The van der Waals surface area contributed by atoms with Crippen molar-refractivity contribution >= 4 is 75.8 Å². The quantitative estimate of drug-likeness (QED) is 0.127. The molecule has 15 nitrogen and oxygen atoms in total. The van der Waals surface area contributed by atoms with E-state index in [2.05, 4.69) is 42.0 Å². The van der Waals surface area contributed by atoms with Gasteiger partial charge in [-0.25, -0.2) is 35.6 Å². The summed E-state index contributed by atoms with van der Waals surface area (Å²) in [6.07, 6.45) is -4.14. The smallest absolute Gasteiger partial charge is 0.344 e. The van der Waals surface area contributed by atoms with Gasteiger partial charge in [0.1, 0.15) is 34.4 Å². The molecule has 6 aromatic rings. The van der Waals surface area contributed by atoms with Crippen LogP contribution in [-0.2, 0) is 56.8 Å². The highest BCUT2D eigenvalue weighted by Crippen LogP contribution is 2.68. The molecule has 1 amide bonds. The van der Waals surface area contributed by atoms with Crippen molar-refractivity contribution in [3.05, 3.63) is 90.7 Å². The van der Waals surface area contributed by atoms with Crippen LogP contribution in [0.4, 0.5) is 36.6 Å². The summed E-state index contributed by atoms with van der Waals surface area (Å²) in [5.74, 6) is -5.12. The lowest BCUT2D eigenvalue weighted by Gasteiger charge is -2.23. The molecular formula is C38H31ClF7N9O6S3. The maximum absolute atomic E-state index is 15.5. The molecule has 4 aromatic heterocycles. The summed E-state index contributed by atoms with van der Waals surface area (Å²) >= 11 is 7.29. The van der Waals surface area contributed by atoms with Crippen molar-refractivity contribution in [1.82, 2.24) is 39.4 Å². The number of fused-ring (bicyclic) bond motifs is 5. The lowest BCUT2D eigenvalue weighted by Crippen LogP contribution is -2.38. The molecular weight excluding hydrogens is 943 g/mol. The summed E-state index contributed by atoms with van der Waals surface area (Å²) in [7, 11) is -6.34. The number of sulfonamides is 1. The molecule has 0 unspecified atom stereocenters. The van der Waals surface area contributed by atoms with Gasteiger partial charge in [0.05, 0.1) is 33.9 Å². The SMILES string of the molecule is Cn1nc(NS(C)(=O)=O)c2c(Cl)ccc(-n3c([C@H](Cc4cc(F)cc(F)c4)NC(=O)Cn4nc(C(F)(F)F)c5c4C(F)(F)[C@@H]4C[C@H]54)nc4sc(C#CC(C)(C)S(C)(=O)=O)nc4c3=O)c21. The van der Waals surface area contributed by atoms with Crippen LogP contribution in [0.5, 0.6) is 0 Å². The fraction of sp³-hybridized carbons (Fsp3) is 0.368. The zero-order chi connectivity index (χ0) is 46.8. The van der Waals surface area contributed by atoms with Gasteiger partial charge in [0, 0.05) is 37.3 Å². The maximum Gasteiger partial charge on any atom is 0.435 e. The molecule has 1 saturated carbocycles. The molecule has 0 aliphatic heterocycles. The Morgan fingerprint density at radius 1 is 1.06 bits per heavy atom. The van der Waals surface area contributed by atoms with Crippen LogP contribution in [-0.4, -0.2) is 74.1 Å².